The Bertz CT molecular complexity index is 638. The minimum absolute atomic E-state index is 0.0808. The van der Waals surface area contributed by atoms with Crippen molar-refractivity contribution < 1.29 is 4.79 Å². The van der Waals surface area contributed by atoms with E-state index in [9.17, 15) is 4.79 Å². The Labute approximate surface area is 147 Å². The van der Waals surface area contributed by atoms with Gasteiger partial charge in [-0.05, 0) is 44.1 Å². The SMILES string of the molecule is O=C(CCN1CCCCC1)Nc1cccc(NCc2cscn2)c1. The van der Waals surface area contributed by atoms with Crippen LogP contribution in [0.5, 0.6) is 0 Å². The molecule has 6 heteroatoms. The Morgan fingerprint density at radius 3 is 2.83 bits per heavy atom. The van der Waals surface area contributed by atoms with Gasteiger partial charge in [0, 0.05) is 29.7 Å². The van der Waals surface area contributed by atoms with Crippen LogP contribution >= 0.6 is 11.3 Å². The van der Waals surface area contributed by atoms with Gasteiger partial charge in [-0.2, -0.15) is 0 Å². The van der Waals surface area contributed by atoms with Gasteiger partial charge in [0.05, 0.1) is 17.7 Å². The predicted octanol–water partition coefficient (Wildman–Crippen LogP) is 3.57. The molecule has 0 spiro atoms. The van der Waals surface area contributed by atoms with E-state index in [1.54, 1.807) is 11.3 Å². The number of hydrogen-bond acceptors (Lipinski definition) is 5. The molecule has 1 aromatic heterocycles. The highest BCUT2D eigenvalue weighted by Crippen LogP contribution is 2.17. The van der Waals surface area contributed by atoms with E-state index in [4.69, 9.17) is 0 Å². The van der Waals surface area contributed by atoms with Crippen LogP contribution in [0.3, 0.4) is 0 Å². The first kappa shape index (κ1) is 16.9. The third-order valence-corrected chi connectivity index (χ3v) is 4.84. The average Bonchev–Trinajstić information content (AvgIpc) is 3.13. The van der Waals surface area contributed by atoms with Crippen molar-refractivity contribution in [2.24, 2.45) is 0 Å². The fraction of sp³-hybridized carbons (Fsp3) is 0.444. The first-order valence-electron chi connectivity index (χ1n) is 8.53. The molecule has 1 aliphatic rings. The number of hydrogen-bond donors (Lipinski definition) is 2. The number of thiazole rings is 1. The normalized spacial score (nSPS) is 15.2. The Hall–Kier alpha value is -1.92. The maximum absolute atomic E-state index is 12.1. The molecule has 1 aromatic carbocycles. The third-order valence-electron chi connectivity index (χ3n) is 4.21. The van der Waals surface area contributed by atoms with Crippen molar-refractivity contribution in [2.45, 2.75) is 32.2 Å². The summed E-state index contributed by atoms with van der Waals surface area (Å²) in [5.41, 5.74) is 4.67. The number of aromatic nitrogens is 1. The van der Waals surface area contributed by atoms with Crippen LogP contribution in [-0.2, 0) is 11.3 Å². The second kappa shape index (κ2) is 8.80. The summed E-state index contributed by atoms with van der Waals surface area (Å²) in [5, 5.41) is 8.35. The molecule has 128 valence electrons. The van der Waals surface area contributed by atoms with Crippen LogP contribution in [0.1, 0.15) is 31.4 Å². The number of piperidine rings is 1. The lowest BCUT2D eigenvalue weighted by atomic mass is 10.1. The monoisotopic (exact) mass is 344 g/mol. The van der Waals surface area contributed by atoms with E-state index in [1.807, 2.05) is 35.2 Å². The summed E-state index contributed by atoms with van der Waals surface area (Å²) in [7, 11) is 0. The molecule has 1 saturated heterocycles. The summed E-state index contributed by atoms with van der Waals surface area (Å²) in [6.07, 6.45) is 4.39. The second-order valence-corrected chi connectivity index (χ2v) is 6.83. The first-order valence-corrected chi connectivity index (χ1v) is 9.47. The molecule has 0 bridgehead atoms. The Morgan fingerprint density at radius 2 is 2.04 bits per heavy atom. The van der Waals surface area contributed by atoms with Gasteiger partial charge in [-0.15, -0.1) is 11.3 Å². The molecule has 1 aliphatic heterocycles. The zero-order valence-electron chi connectivity index (χ0n) is 13.8. The molecule has 0 unspecified atom stereocenters. The summed E-state index contributed by atoms with van der Waals surface area (Å²) >= 11 is 1.59. The zero-order chi connectivity index (χ0) is 16.6. The van der Waals surface area contributed by atoms with Gasteiger partial charge in [0.25, 0.3) is 0 Å². The first-order chi connectivity index (χ1) is 11.8. The van der Waals surface area contributed by atoms with Gasteiger partial charge in [0.15, 0.2) is 0 Å². The highest BCUT2D eigenvalue weighted by atomic mass is 32.1. The van der Waals surface area contributed by atoms with Gasteiger partial charge in [-0.25, -0.2) is 4.98 Å². The van der Waals surface area contributed by atoms with Crippen LogP contribution < -0.4 is 10.6 Å². The van der Waals surface area contributed by atoms with Crippen LogP contribution in [-0.4, -0.2) is 35.4 Å². The number of carbonyl (C=O) groups is 1. The Balaban J connectivity index is 1.45. The molecular formula is C18H24N4OS. The number of benzene rings is 1. The molecule has 1 amide bonds. The molecule has 1 fully saturated rings. The largest absolute Gasteiger partial charge is 0.379 e. The fourth-order valence-corrected chi connectivity index (χ4v) is 3.45. The molecule has 0 radical (unpaired) electrons. The van der Waals surface area contributed by atoms with Crippen molar-refractivity contribution >= 4 is 28.6 Å². The fourth-order valence-electron chi connectivity index (χ4n) is 2.89. The maximum atomic E-state index is 12.1. The van der Waals surface area contributed by atoms with E-state index >= 15 is 0 Å². The van der Waals surface area contributed by atoms with Crippen molar-refractivity contribution in [1.82, 2.24) is 9.88 Å². The van der Waals surface area contributed by atoms with Crippen molar-refractivity contribution in [3.05, 3.63) is 40.8 Å². The minimum Gasteiger partial charge on any atom is -0.379 e. The van der Waals surface area contributed by atoms with Crippen LogP contribution in [0.15, 0.2) is 35.2 Å². The minimum atomic E-state index is 0.0808. The predicted molar refractivity (Wildman–Crippen MR) is 99.4 cm³/mol. The molecule has 0 aliphatic carbocycles. The van der Waals surface area contributed by atoms with E-state index in [2.05, 4.69) is 20.5 Å². The lowest BCUT2D eigenvalue weighted by Gasteiger charge is -2.25. The second-order valence-electron chi connectivity index (χ2n) is 6.11. The van der Waals surface area contributed by atoms with E-state index in [0.717, 1.165) is 36.7 Å². The molecule has 2 heterocycles. The smallest absolute Gasteiger partial charge is 0.225 e. The van der Waals surface area contributed by atoms with Gasteiger partial charge in [-0.3, -0.25) is 4.79 Å². The van der Waals surface area contributed by atoms with E-state index in [0.29, 0.717) is 13.0 Å². The van der Waals surface area contributed by atoms with Gasteiger partial charge in [0.2, 0.25) is 5.91 Å². The molecule has 2 aromatic rings. The molecule has 2 N–H and O–H groups in total. The summed E-state index contributed by atoms with van der Waals surface area (Å²) in [4.78, 5) is 18.8. The van der Waals surface area contributed by atoms with Crippen molar-refractivity contribution in [3.63, 3.8) is 0 Å². The molecule has 0 atom stereocenters. The van der Waals surface area contributed by atoms with Crippen molar-refractivity contribution in [1.29, 1.82) is 0 Å². The summed E-state index contributed by atoms with van der Waals surface area (Å²) < 4.78 is 0. The zero-order valence-corrected chi connectivity index (χ0v) is 14.6. The van der Waals surface area contributed by atoms with Gasteiger partial charge in [0.1, 0.15) is 0 Å². The Morgan fingerprint density at radius 1 is 1.21 bits per heavy atom. The lowest BCUT2D eigenvalue weighted by Crippen LogP contribution is -2.32. The number of rotatable bonds is 7. The molecular weight excluding hydrogens is 320 g/mol. The number of nitrogens with one attached hydrogen (secondary N) is 2. The van der Waals surface area contributed by atoms with Gasteiger partial charge >= 0.3 is 0 Å². The van der Waals surface area contributed by atoms with Crippen LogP contribution in [0.4, 0.5) is 11.4 Å². The quantitative estimate of drug-likeness (QED) is 0.806. The van der Waals surface area contributed by atoms with Crippen LogP contribution in [0.25, 0.3) is 0 Å². The molecule has 3 rings (SSSR count). The van der Waals surface area contributed by atoms with Crippen molar-refractivity contribution in [2.75, 3.05) is 30.3 Å². The number of nitrogens with zero attached hydrogens (tertiary/aromatic N) is 2. The standard InChI is InChI=1S/C18H24N4OS/c23-18(7-10-22-8-2-1-3-9-22)21-16-6-4-5-15(11-16)19-12-17-13-24-14-20-17/h4-6,11,13-14,19H,1-3,7-10,12H2,(H,21,23). The summed E-state index contributed by atoms with van der Waals surface area (Å²) in [6, 6.07) is 7.83. The number of carbonyl (C=O) groups excluding carboxylic acids is 1. The molecule has 5 nitrogen and oxygen atoms in total. The van der Waals surface area contributed by atoms with E-state index < -0.39 is 0 Å². The van der Waals surface area contributed by atoms with Gasteiger partial charge < -0.3 is 15.5 Å². The van der Waals surface area contributed by atoms with Gasteiger partial charge in [-0.1, -0.05) is 12.5 Å². The van der Waals surface area contributed by atoms with Crippen LogP contribution in [0, 0.1) is 0 Å². The number of likely N-dealkylation sites (tertiary alicyclic amines) is 1. The van der Waals surface area contributed by atoms with Crippen molar-refractivity contribution in [3.8, 4) is 0 Å². The highest BCUT2D eigenvalue weighted by molar-refractivity contribution is 7.07. The number of amides is 1. The van der Waals surface area contributed by atoms with E-state index in [-0.39, 0.29) is 5.91 Å². The topological polar surface area (TPSA) is 57.3 Å². The van der Waals surface area contributed by atoms with Crippen LogP contribution in [0.2, 0.25) is 0 Å². The lowest BCUT2D eigenvalue weighted by molar-refractivity contribution is -0.116. The average molecular weight is 344 g/mol. The highest BCUT2D eigenvalue weighted by Gasteiger charge is 2.11. The maximum Gasteiger partial charge on any atom is 0.225 e. The molecule has 0 saturated carbocycles. The number of anilines is 2. The summed E-state index contributed by atoms with van der Waals surface area (Å²) in [5.74, 6) is 0.0808. The summed E-state index contributed by atoms with van der Waals surface area (Å²) in [6.45, 7) is 3.80. The van der Waals surface area contributed by atoms with E-state index in [1.165, 1.54) is 19.3 Å². The Kier molecular flexibility index (Phi) is 6.20. The molecule has 24 heavy (non-hydrogen) atoms. The third kappa shape index (κ3) is 5.32.